The van der Waals surface area contributed by atoms with Gasteiger partial charge in [0.1, 0.15) is 22.8 Å². The Morgan fingerprint density at radius 3 is 2.86 bits per heavy atom. The van der Waals surface area contributed by atoms with E-state index < -0.39 is 0 Å². The van der Waals surface area contributed by atoms with Crippen molar-refractivity contribution in [2.24, 2.45) is 5.92 Å². The van der Waals surface area contributed by atoms with Crippen LogP contribution in [-0.4, -0.2) is 6.61 Å². The van der Waals surface area contributed by atoms with Crippen molar-refractivity contribution in [2.45, 2.75) is 39.5 Å². The van der Waals surface area contributed by atoms with Gasteiger partial charge in [0.05, 0.1) is 12.9 Å². The smallest absolute Gasteiger partial charge is 0.169 e. The minimum atomic E-state index is 0.603. The highest BCUT2D eigenvalue weighted by molar-refractivity contribution is 6.05. The average Bonchev–Trinajstić information content (AvgIpc) is 3.13. The van der Waals surface area contributed by atoms with Crippen molar-refractivity contribution in [1.29, 1.82) is 0 Å². The molecule has 3 aromatic rings. The van der Waals surface area contributed by atoms with E-state index in [-0.39, 0.29) is 0 Å². The summed E-state index contributed by atoms with van der Waals surface area (Å²) in [6, 6.07) is 5.93. The summed E-state index contributed by atoms with van der Waals surface area (Å²) in [5.74, 6) is 1.39. The van der Waals surface area contributed by atoms with Crippen LogP contribution in [0.5, 0.6) is 5.75 Å². The molecule has 0 fully saturated rings. The number of benzene rings is 1. The van der Waals surface area contributed by atoms with E-state index in [4.69, 9.17) is 13.6 Å². The molecule has 0 N–H and O–H groups in total. The Labute approximate surface area is 124 Å². The van der Waals surface area contributed by atoms with Gasteiger partial charge in [0, 0.05) is 5.39 Å². The van der Waals surface area contributed by atoms with Crippen LogP contribution in [0.4, 0.5) is 0 Å². The fraction of sp³-hybridized carbons (Fsp3) is 0.444. The molecule has 0 aliphatic rings. The zero-order chi connectivity index (χ0) is 14.7. The zero-order valence-electron chi connectivity index (χ0n) is 12.7. The Morgan fingerprint density at radius 1 is 1.14 bits per heavy atom. The topological polar surface area (TPSA) is 35.5 Å². The van der Waals surface area contributed by atoms with Gasteiger partial charge < -0.3 is 13.6 Å². The maximum absolute atomic E-state index is 6.03. The van der Waals surface area contributed by atoms with E-state index in [0.29, 0.717) is 5.92 Å². The number of furan rings is 2. The maximum Gasteiger partial charge on any atom is 0.169 e. The molecule has 3 heteroatoms. The molecule has 1 atom stereocenters. The number of fused-ring (bicyclic) bond motifs is 3. The molecular weight excluding hydrogens is 264 g/mol. The van der Waals surface area contributed by atoms with Crippen LogP contribution in [0.15, 0.2) is 39.6 Å². The predicted octanol–water partition coefficient (Wildman–Crippen LogP) is 5.77. The minimum absolute atomic E-state index is 0.603. The van der Waals surface area contributed by atoms with Crippen molar-refractivity contribution < 1.29 is 13.6 Å². The summed E-state index contributed by atoms with van der Waals surface area (Å²) in [6.45, 7) is 5.19. The first-order valence-electron chi connectivity index (χ1n) is 7.83. The van der Waals surface area contributed by atoms with E-state index >= 15 is 0 Å². The number of hydrogen-bond acceptors (Lipinski definition) is 3. The fourth-order valence-corrected chi connectivity index (χ4v) is 2.73. The van der Waals surface area contributed by atoms with Crippen molar-refractivity contribution in [3.8, 4) is 5.75 Å². The highest BCUT2D eigenvalue weighted by atomic mass is 16.5. The van der Waals surface area contributed by atoms with E-state index in [1.165, 1.54) is 19.3 Å². The Hall–Kier alpha value is -1.90. The molecule has 21 heavy (non-hydrogen) atoms. The van der Waals surface area contributed by atoms with Crippen molar-refractivity contribution in [3.05, 3.63) is 30.7 Å². The summed E-state index contributed by atoms with van der Waals surface area (Å²) >= 11 is 0. The molecule has 0 amide bonds. The van der Waals surface area contributed by atoms with Gasteiger partial charge in [-0.1, -0.05) is 33.1 Å². The van der Waals surface area contributed by atoms with Crippen molar-refractivity contribution in [2.75, 3.05) is 6.61 Å². The first-order chi connectivity index (χ1) is 10.3. The Bertz CT molecular complexity index is 707. The number of ether oxygens (including phenoxy) is 1. The molecule has 112 valence electrons. The second kappa shape index (κ2) is 6.25. The van der Waals surface area contributed by atoms with Crippen LogP contribution in [0.3, 0.4) is 0 Å². The predicted molar refractivity (Wildman–Crippen MR) is 84.8 cm³/mol. The molecule has 2 heterocycles. The summed E-state index contributed by atoms with van der Waals surface area (Å²) in [5, 5.41) is 2.02. The lowest BCUT2D eigenvalue weighted by atomic mass is 10.0. The van der Waals surface area contributed by atoms with Gasteiger partial charge in [-0.05, 0) is 30.5 Å². The number of unbranched alkanes of at least 4 members (excludes halogenated alkanes) is 1. The molecule has 0 saturated carbocycles. The molecule has 3 nitrogen and oxygen atoms in total. The Morgan fingerprint density at radius 2 is 2.05 bits per heavy atom. The van der Waals surface area contributed by atoms with Gasteiger partial charge in [0.25, 0.3) is 0 Å². The van der Waals surface area contributed by atoms with Crippen molar-refractivity contribution in [3.63, 3.8) is 0 Å². The summed E-state index contributed by atoms with van der Waals surface area (Å²) in [7, 11) is 0. The lowest BCUT2D eigenvalue weighted by molar-refractivity contribution is 0.233. The van der Waals surface area contributed by atoms with Crippen molar-refractivity contribution >= 4 is 21.9 Å². The SMILES string of the molecule is CCCCC(CC)COc1coc2ccc3ccoc3c12. The molecule has 0 aliphatic heterocycles. The highest BCUT2D eigenvalue weighted by Gasteiger charge is 2.15. The van der Waals surface area contributed by atoms with E-state index in [1.807, 2.05) is 18.2 Å². The highest BCUT2D eigenvalue weighted by Crippen LogP contribution is 2.35. The standard InChI is InChI=1S/C18H22O3/c1-3-5-6-13(4-2)11-20-16-12-21-15-8-7-14-9-10-19-18(14)17(15)16/h7-10,12-13H,3-6,11H2,1-2H3. The largest absolute Gasteiger partial charge is 0.489 e. The van der Waals surface area contributed by atoms with Crippen molar-refractivity contribution in [1.82, 2.24) is 0 Å². The van der Waals surface area contributed by atoms with Gasteiger partial charge in [-0.3, -0.25) is 0 Å². The third-order valence-electron chi connectivity index (χ3n) is 4.14. The van der Waals surface area contributed by atoms with Crippen LogP contribution < -0.4 is 4.74 Å². The second-order valence-corrected chi connectivity index (χ2v) is 5.61. The zero-order valence-corrected chi connectivity index (χ0v) is 12.7. The molecular formula is C18H22O3. The minimum Gasteiger partial charge on any atom is -0.489 e. The van der Waals surface area contributed by atoms with Crippen LogP contribution >= 0.6 is 0 Å². The summed E-state index contributed by atoms with van der Waals surface area (Å²) in [6.07, 6.45) is 8.26. The van der Waals surface area contributed by atoms with Crippen LogP contribution in [0.1, 0.15) is 39.5 Å². The third kappa shape index (κ3) is 2.78. The maximum atomic E-state index is 6.03. The first kappa shape index (κ1) is 14.1. The van der Waals surface area contributed by atoms with Gasteiger partial charge in [0.15, 0.2) is 5.75 Å². The molecule has 0 bridgehead atoms. The molecule has 0 spiro atoms. The van der Waals surface area contributed by atoms with Gasteiger partial charge in [-0.25, -0.2) is 0 Å². The number of hydrogen-bond donors (Lipinski definition) is 0. The molecule has 3 rings (SSSR count). The molecule has 0 saturated heterocycles. The summed E-state index contributed by atoms with van der Waals surface area (Å²) in [4.78, 5) is 0. The Kier molecular flexibility index (Phi) is 4.18. The lowest BCUT2D eigenvalue weighted by Crippen LogP contribution is -2.11. The van der Waals surface area contributed by atoms with Crippen LogP contribution in [0, 0.1) is 5.92 Å². The summed E-state index contributed by atoms with van der Waals surface area (Å²) < 4.78 is 17.2. The van der Waals surface area contributed by atoms with Crippen LogP contribution in [-0.2, 0) is 0 Å². The van der Waals surface area contributed by atoms with Gasteiger partial charge in [-0.2, -0.15) is 0 Å². The molecule has 0 radical (unpaired) electrons. The molecule has 0 aliphatic carbocycles. The van der Waals surface area contributed by atoms with E-state index in [0.717, 1.165) is 40.7 Å². The van der Waals surface area contributed by atoms with Gasteiger partial charge >= 0.3 is 0 Å². The van der Waals surface area contributed by atoms with Gasteiger partial charge in [-0.15, -0.1) is 0 Å². The number of rotatable bonds is 7. The molecule has 2 aromatic heterocycles. The third-order valence-corrected chi connectivity index (χ3v) is 4.14. The summed E-state index contributed by atoms with van der Waals surface area (Å²) in [5.41, 5.74) is 1.66. The lowest BCUT2D eigenvalue weighted by Gasteiger charge is -2.14. The van der Waals surface area contributed by atoms with E-state index in [9.17, 15) is 0 Å². The normalized spacial score (nSPS) is 13.0. The van der Waals surface area contributed by atoms with E-state index in [2.05, 4.69) is 13.8 Å². The molecule has 1 aromatic carbocycles. The van der Waals surface area contributed by atoms with Gasteiger partial charge in [0.2, 0.25) is 0 Å². The average molecular weight is 286 g/mol. The van der Waals surface area contributed by atoms with Crippen LogP contribution in [0.25, 0.3) is 21.9 Å². The molecule has 1 unspecified atom stereocenters. The first-order valence-corrected chi connectivity index (χ1v) is 7.83. The van der Waals surface area contributed by atoms with E-state index in [1.54, 1.807) is 12.5 Å². The second-order valence-electron chi connectivity index (χ2n) is 5.61. The monoisotopic (exact) mass is 286 g/mol. The Balaban J connectivity index is 1.82. The fourth-order valence-electron chi connectivity index (χ4n) is 2.73. The van der Waals surface area contributed by atoms with Crippen LogP contribution in [0.2, 0.25) is 0 Å². The quantitative estimate of drug-likeness (QED) is 0.552.